The number of carbonyl (C=O) groups excluding carboxylic acids is 2. The van der Waals surface area contributed by atoms with Crippen LogP contribution < -0.4 is 9.47 Å². The topological polar surface area (TPSA) is 76.1 Å². The van der Waals surface area contributed by atoms with Gasteiger partial charge in [-0.05, 0) is 55.3 Å². The summed E-state index contributed by atoms with van der Waals surface area (Å²) in [7, 11) is 1.52. The number of rotatable bonds is 7. The van der Waals surface area contributed by atoms with Crippen LogP contribution in [0.25, 0.3) is 5.76 Å². The number of halogens is 1. The Labute approximate surface area is 174 Å². The third kappa shape index (κ3) is 3.87. The number of amides is 1. The first-order valence-corrected chi connectivity index (χ1v) is 9.78. The summed E-state index contributed by atoms with van der Waals surface area (Å²) in [5, 5.41) is 10.9. The Morgan fingerprint density at radius 3 is 2.40 bits per heavy atom. The molecule has 2 aromatic rings. The number of nitrogens with zero attached hydrogens (tertiary/aromatic N) is 1. The van der Waals surface area contributed by atoms with Gasteiger partial charge in [-0.2, -0.15) is 0 Å². The van der Waals surface area contributed by atoms with E-state index in [2.05, 4.69) is 0 Å². The van der Waals surface area contributed by atoms with Gasteiger partial charge in [0.1, 0.15) is 11.6 Å². The molecule has 7 heteroatoms. The fourth-order valence-electron chi connectivity index (χ4n) is 3.59. The van der Waals surface area contributed by atoms with Gasteiger partial charge < -0.3 is 19.5 Å². The first kappa shape index (κ1) is 21.4. The van der Waals surface area contributed by atoms with Crippen LogP contribution in [0.5, 0.6) is 11.5 Å². The minimum absolute atomic E-state index is 0.0346. The smallest absolute Gasteiger partial charge is 0.295 e. The lowest BCUT2D eigenvalue weighted by Crippen LogP contribution is -2.30. The Hall–Kier alpha value is -3.35. The van der Waals surface area contributed by atoms with E-state index >= 15 is 0 Å². The van der Waals surface area contributed by atoms with Crippen LogP contribution in [0.2, 0.25) is 0 Å². The number of likely N-dealkylation sites (tertiary alicyclic amines) is 1. The van der Waals surface area contributed by atoms with Crippen LogP contribution in [0.15, 0.2) is 48.0 Å². The minimum atomic E-state index is -0.792. The van der Waals surface area contributed by atoms with E-state index in [0.717, 1.165) is 0 Å². The predicted molar refractivity (Wildman–Crippen MR) is 110 cm³/mol. The second kappa shape index (κ2) is 8.98. The van der Waals surface area contributed by atoms with Crippen molar-refractivity contribution in [2.45, 2.75) is 26.3 Å². The van der Waals surface area contributed by atoms with E-state index in [4.69, 9.17) is 9.47 Å². The maximum absolute atomic E-state index is 13.3. The number of Topliss-reactive ketones (excluding diaryl/α,β-unsaturated/α-hetero) is 1. The van der Waals surface area contributed by atoms with Crippen LogP contribution in [-0.4, -0.2) is 42.0 Å². The Morgan fingerprint density at radius 2 is 1.80 bits per heavy atom. The van der Waals surface area contributed by atoms with Gasteiger partial charge >= 0.3 is 0 Å². The molecule has 0 aromatic heterocycles. The van der Waals surface area contributed by atoms with Crippen molar-refractivity contribution in [2.75, 3.05) is 20.3 Å². The van der Waals surface area contributed by atoms with Gasteiger partial charge in [0, 0.05) is 12.1 Å². The van der Waals surface area contributed by atoms with E-state index in [1.165, 1.54) is 36.3 Å². The number of ketones is 1. The lowest BCUT2D eigenvalue weighted by Gasteiger charge is -2.25. The summed E-state index contributed by atoms with van der Waals surface area (Å²) in [6, 6.07) is 9.46. The molecule has 1 atom stereocenters. The normalized spacial score (nSPS) is 18.0. The summed E-state index contributed by atoms with van der Waals surface area (Å²) < 4.78 is 24.3. The first-order chi connectivity index (χ1) is 14.4. The molecular formula is C23H24FNO5. The van der Waals surface area contributed by atoms with Gasteiger partial charge in [-0.1, -0.05) is 13.0 Å². The molecule has 1 saturated heterocycles. The number of aliphatic hydroxyl groups is 1. The molecule has 0 saturated carbocycles. The van der Waals surface area contributed by atoms with Gasteiger partial charge in [-0.25, -0.2) is 4.39 Å². The lowest BCUT2D eigenvalue weighted by atomic mass is 9.95. The van der Waals surface area contributed by atoms with Crippen LogP contribution in [0.4, 0.5) is 4.39 Å². The molecule has 30 heavy (non-hydrogen) atoms. The van der Waals surface area contributed by atoms with E-state index in [1.54, 1.807) is 18.2 Å². The Kier molecular flexibility index (Phi) is 6.40. The van der Waals surface area contributed by atoms with Gasteiger partial charge in [0.15, 0.2) is 11.5 Å². The molecule has 6 nitrogen and oxygen atoms in total. The van der Waals surface area contributed by atoms with E-state index in [1.807, 2.05) is 13.8 Å². The fraction of sp³-hybridized carbons (Fsp3) is 0.304. The molecule has 0 spiro atoms. The first-order valence-electron chi connectivity index (χ1n) is 9.78. The molecule has 1 aliphatic heterocycles. The third-order valence-electron chi connectivity index (χ3n) is 4.93. The van der Waals surface area contributed by atoms with E-state index in [0.29, 0.717) is 36.6 Å². The largest absolute Gasteiger partial charge is 0.507 e. The van der Waals surface area contributed by atoms with Crippen molar-refractivity contribution in [3.63, 3.8) is 0 Å². The number of methoxy groups -OCH3 is 1. The van der Waals surface area contributed by atoms with Crippen molar-refractivity contribution in [1.29, 1.82) is 0 Å². The number of benzene rings is 2. The highest BCUT2D eigenvalue weighted by Crippen LogP contribution is 2.42. The molecule has 1 fully saturated rings. The second-order valence-electron chi connectivity index (χ2n) is 6.84. The molecule has 1 unspecified atom stereocenters. The average molecular weight is 413 g/mol. The number of ether oxygens (including phenoxy) is 2. The van der Waals surface area contributed by atoms with E-state index in [9.17, 15) is 19.1 Å². The fourth-order valence-corrected chi connectivity index (χ4v) is 3.59. The number of hydrogen-bond donors (Lipinski definition) is 1. The molecular weight excluding hydrogens is 389 g/mol. The quantitative estimate of drug-likeness (QED) is 0.421. The number of hydrogen-bond acceptors (Lipinski definition) is 5. The van der Waals surface area contributed by atoms with Gasteiger partial charge in [-0.15, -0.1) is 0 Å². The van der Waals surface area contributed by atoms with Gasteiger partial charge in [0.25, 0.3) is 11.7 Å². The average Bonchev–Trinajstić information content (AvgIpc) is 2.99. The zero-order valence-corrected chi connectivity index (χ0v) is 17.1. The molecule has 1 heterocycles. The lowest BCUT2D eigenvalue weighted by molar-refractivity contribution is -0.139. The van der Waals surface area contributed by atoms with Gasteiger partial charge in [0.2, 0.25) is 0 Å². The van der Waals surface area contributed by atoms with Crippen molar-refractivity contribution in [1.82, 2.24) is 4.90 Å². The van der Waals surface area contributed by atoms with Crippen LogP contribution in [-0.2, 0) is 9.59 Å². The highest BCUT2D eigenvalue weighted by atomic mass is 19.1. The summed E-state index contributed by atoms with van der Waals surface area (Å²) >= 11 is 0. The molecule has 0 bridgehead atoms. The van der Waals surface area contributed by atoms with E-state index < -0.39 is 23.5 Å². The van der Waals surface area contributed by atoms with Crippen molar-refractivity contribution in [3.05, 3.63) is 65.0 Å². The molecule has 0 radical (unpaired) electrons. The van der Waals surface area contributed by atoms with Crippen LogP contribution in [0.3, 0.4) is 0 Å². The highest BCUT2D eigenvalue weighted by molar-refractivity contribution is 6.46. The molecule has 0 aliphatic carbocycles. The SMILES string of the molecule is CCCN1C(=O)C(=O)/C(=C(\O)c2ccc(F)cc2)C1c1ccc(OC)c(OCC)c1. The van der Waals surface area contributed by atoms with Gasteiger partial charge in [-0.3, -0.25) is 9.59 Å². The summed E-state index contributed by atoms with van der Waals surface area (Å²) in [5.74, 6) is -1.27. The molecule has 3 rings (SSSR count). The standard InChI is InChI=1S/C23H24FNO5/c1-4-12-25-20(15-8-11-17(29-3)18(13-15)30-5-2)19(22(27)23(25)28)21(26)14-6-9-16(24)10-7-14/h6-11,13,20,26H,4-5,12H2,1-3H3/b21-19-. The predicted octanol–water partition coefficient (Wildman–Crippen LogP) is 4.06. The Bertz CT molecular complexity index is 984. The van der Waals surface area contributed by atoms with Crippen LogP contribution >= 0.6 is 0 Å². The number of carbonyl (C=O) groups is 2. The highest BCUT2D eigenvalue weighted by Gasteiger charge is 2.45. The third-order valence-corrected chi connectivity index (χ3v) is 4.93. The van der Waals surface area contributed by atoms with Crippen LogP contribution in [0, 0.1) is 5.82 Å². The molecule has 1 aliphatic rings. The summed E-state index contributed by atoms with van der Waals surface area (Å²) in [6.45, 7) is 4.48. The zero-order valence-electron chi connectivity index (χ0n) is 17.1. The molecule has 158 valence electrons. The molecule has 2 aromatic carbocycles. The minimum Gasteiger partial charge on any atom is -0.507 e. The maximum Gasteiger partial charge on any atom is 0.295 e. The summed E-state index contributed by atoms with van der Waals surface area (Å²) in [5.41, 5.74) is 0.831. The van der Waals surface area contributed by atoms with Crippen molar-refractivity contribution in [2.24, 2.45) is 0 Å². The maximum atomic E-state index is 13.3. The van der Waals surface area contributed by atoms with Crippen LogP contribution in [0.1, 0.15) is 37.4 Å². The number of aliphatic hydroxyl groups excluding tert-OH is 1. The summed E-state index contributed by atoms with van der Waals surface area (Å²) in [4.78, 5) is 27.0. The van der Waals surface area contributed by atoms with Gasteiger partial charge in [0.05, 0.1) is 25.3 Å². The second-order valence-corrected chi connectivity index (χ2v) is 6.84. The molecule has 1 N–H and O–H groups in total. The van der Waals surface area contributed by atoms with Crippen molar-refractivity contribution in [3.8, 4) is 11.5 Å². The molecule has 1 amide bonds. The summed E-state index contributed by atoms with van der Waals surface area (Å²) in [6.07, 6.45) is 0.634. The monoisotopic (exact) mass is 413 g/mol. The van der Waals surface area contributed by atoms with E-state index in [-0.39, 0.29) is 16.9 Å². The van der Waals surface area contributed by atoms with Crippen molar-refractivity contribution < 1.29 is 28.6 Å². The Morgan fingerprint density at radius 1 is 1.10 bits per heavy atom. The Balaban J connectivity index is 2.19. The zero-order chi connectivity index (χ0) is 21.8. The van der Waals surface area contributed by atoms with Crippen molar-refractivity contribution >= 4 is 17.4 Å².